The summed E-state index contributed by atoms with van der Waals surface area (Å²) in [6.45, 7) is 11.0. The van der Waals surface area contributed by atoms with Gasteiger partial charge in [-0.05, 0) is 73.5 Å². The van der Waals surface area contributed by atoms with E-state index in [0.717, 1.165) is 45.0 Å². The molecule has 3 rings (SSSR count). The highest BCUT2D eigenvalue weighted by atomic mass is 31.1. The number of aryl methyl sites for hydroxylation is 1. The van der Waals surface area contributed by atoms with Crippen LogP contribution in [0.2, 0.25) is 0 Å². The van der Waals surface area contributed by atoms with Crippen LogP contribution in [0.5, 0.6) is 0 Å². The highest BCUT2D eigenvalue weighted by Gasteiger charge is 2.45. The molecule has 1 N–H and O–H groups in total. The van der Waals surface area contributed by atoms with Crippen molar-refractivity contribution in [3.8, 4) is 0 Å². The fraction of sp³-hybridized carbons (Fsp3) is 0.593. The van der Waals surface area contributed by atoms with Crippen LogP contribution in [0.3, 0.4) is 0 Å². The number of aliphatic hydroxyl groups excluding tert-OH is 1. The third-order valence-electron chi connectivity index (χ3n) is 7.28. The first-order chi connectivity index (χ1) is 15.0. The molecule has 0 bridgehead atoms. The molecule has 1 aromatic carbocycles. The van der Waals surface area contributed by atoms with Gasteiger partial charge >= 0.3 is 0 Å². The molecule has 4 unspecified atom stereocenters. The third-order valence-corrected chi connectivity index (χ3v) is 8.31. The van der Waals surface area contributed by atoms with Gasteiger partial charge in [0.2, 0.25) is 0 Å². The number of aliphatic hydroxyl groups is 1. The van der Waals surface area contributed by atoms with Crippen LogP contribution in [-0.2, 0) is 6.42 Å². The Bertz CT molecular complexity index is 829. The lowest BCUT2D eigenvalue weighted by atomic mass is 10.0. The van der Waals surface area contributed by atoms with Crippen molar-refractivity contribution < 1.29 is 5.11 Å². The Morgan fingerprint density at radius 1 is 1.13 bits per heavy atom. The van der Waals surface area contributed by atoms with Crippen LogP contribution >= 0.6 is 8.58 Å². The molecule has 3 nitrogen and oxygen atoms in total. The van der Waals surface area contributed by atoms with E-state index in [-0.39, 0.29) is 0 Å². The molecule has 2 aromatic rings. The summed E-state index contributed by atoms with van der Waals surface area (Å²) in [6.07, 6.45) is 12.9. The van der Waals surface area contributed by atoms with E-state index in [2.05, 4.69) is 67.3 Å². The summed E-state index contributed by atoms with van der Waals surface area (Å²) in [6, 6.07) is 9.64. The van der Waals surface area contributed by atoms with Gasteiger partial charge < -0.3 is 9.67 Å². The summed E-state index contributed by atoms with van der Waals surface area (Å²) in [4.78, 5) is 4.35. The zero-order valence-electron chi connectivity index (χ0n) is 20.0. The topological polar surface area (TPSA) is 38.0 Å². The molecule has 0 radical (unpaired) electrons. The minimum Gasteiger partial charge on any atom is -0.385 e. The predicted molar refractivity (Wildman–Crippen MR) is 135 cm³/mol. The molecular formula is C27H41N2OP. The van der Waals surface area contributed by atoms with Gasteiger partial charge in [-0.25, -0.2) is 4.98 Å². The Morgan fingerprint density at radius 3 is 2.35 bits per heavy atom. The number of hydrogen-bond donors (Lipinski definition) is 1. The number of nitrogens with zero attached hydrogens (tertiary/aromatic N) is 2. The Morgan fingerprint density at radius 2 is 1.81 bits per heavy atom. The number of rotatable bonds is 12. The van der Waals surface area contributed by atoms with E-state index in [1.807, 2.05) is 6.20 Å². The zero-order valence-corrected chi connectivity index (χ0v) is 21.0. The van der Waals surface area contributed by atoms with Crippen LogP contribution in [-0.4, -0.2) is 21.3 Å². The maximum Gasteiger partial charge on any atom is 0.137 e. The van der Waals surface area contributed by atoms with Crippen molar-refractivity contribution in [3.63, 3.8) is 0 Å². The minimum atomic E-state index is -0.538. The van der Waals surface area contributed by atoms with Crippen molar-refractivity contribution in [1.29, 1.82) is 0 Å². The normalized spacial score (nSPS) is 23.4. The van der Waals surface area contributed by atoms with Gasteiger partial charge in [-0.1, -0.05) is 72.5 Å². The molecule has 0 spiro atoms. The molecular weight excluding hydrogens is 399 g/mol. The van der Waals surface area contributed by atoms with E-state index in [1.54, 1.807) is 13.1 Å². The van der Waals surface area contributed by atoms with Gasteiger partial charge in [-0.2, -0.15) is 0 Å². The number of hydrogen-bond acceptors (Lipinski definition) is 2. The molecule has 0 amide bonds. The zero-order chi connectivity index (χ0) is 22.4. The smallest absolute Gasteiger partial charge is 0.137 e. The highest BCUT2D eigenvalue weighted by Crippen LogP contribution is 2.52. The van der Waals surface area contributed by atoms with E-state index < -0.39 is 6.10 Å². The van der Waals surface area contributed by atoms with Gasteiger partial charge in [-0.15, -0.1) is 0 Å². The minimum absolute atomic E-state index is 0.328. The summed E-state index contributed by atoms with van der Waals surface area (Å²) in [7, 11) is 0.769. The molecule has 1 heterocycles. The van der Waals surface area contributed by atoms with Crippen LogP contribution < -0.4 is 0 Å². The van der Waals surface area contributed by atoms with Gasteiger partial charge in [0, 0.05) is 18.4 Å². The molecule has 170 valence electrons. The molecule has 1 aliphatic carbocycles. The predicted octanol–water partition coefficient (Wildman–Crippen LogP) is 7.24. The molecule has 31 heavy (non-hydrogen) atoms. The Labute approximate surface area is 191 Å². The van der Waals surface area contributed by atoms with Crippen molar-refractivity contribution in [3.05, 3.63) is 59.7 Å². The standard InChI is InChI=1S/C27H41N2OP/c1-6-22(29-18-17-28-27(29)19(4)30)14-16-26(31-5)21-12-9-20(10-13-21)11-15-25-23(7-2)24(25)8-3/h9-10,12-13,16-19,22-25,30-31H,6-8,11,14-15H2,1-5H3/b26-16-/t19-,22?,23?,24?,25?/m0/s1. The van der Waals surface area contributed by atoms with Crippen molar-refractivity contribution in [2.24, 2.45) is 17.8 Å². The Hall–Kier alpha value is -1.44. The Kier molecular flexibility index (Phi) is 8.93. The Balaban J connectivity index is 1.62. The van der Waals surface area contributed by atoms with Crippen molar-refractivity contribution in [1.82, 2.24) is 9.55 Å². The summed E-state index contributed by atoms with van der Waals surface area (Å²) >= 11 is 0. The SMILES string of the molecule is CCC1C(CC)C1CCc1ccc(/C(=C/CC(CC)n2ccnc2[C@H](C)O)PC)cc1. The number of benzene rings is 1. The van der Waals surface area contributed by atoms with E-state index in [1.165, 1.54) is 42.1 Å². The van der Waals surface area contributed by atoms with Gasteiger partial charge in [-0.3, -0.25) is 0 Å². The number of aromatic nitrogens is 2. The average molecular weight is 441 g/mol. The second kappa shape index (κ2) is 11.4. The first-order valence-corrected chi connectivity index (χ1v) is 13.7. The van der Waals surface area contributed by atoms with Crippen LogP contribution in [0, 0.1) is 17.8 Å². The van der Waals surface area contributed by atoms with E-state index >= 15 is 0 Å². The lowest BCUT2D eigenvalue weighted by Crippen LogP contribution is -2.12. The van der Waals surface area contributed by atoms with E-state index in [0.29, 0.717) is 6.04 Å². The lowest BCUT2D eigenvalue weighted by Gasteiger charge is -2.19. The summed E-state index contributed by atoms with van der Waals surface area (Å²) in [5, 5.41) is 11.4. The second-order valence-corrected chi connectivity index (χ2v) is 10.1. The first kappa shape index (κ1) is 24.2. The number of imidazole rings is 1. The van der Waals surface area contributed by atoms with Gasteiger partial charge in [0.25, 0.3) is 0 Å². The highest BCUT2D eigenvalue weighted by molar-refractivity contribution is 7.49. The lowest BCUT2D eigenvalue weighted by molar-refractivity contribution is 0.180. The van der Waals surface area contributed by atoms with Crippen LogP contribution in [0.15, 0.2) is 42.7 Å². The molecule has 1 saturated carbocycles. The summed E-state index contributed by atoms with van der Waals surface area (Å²) in [5.41, 5.74) is 2.83. The maximum atomic E-state index is 10.0. The second-order valence-electron chi connectivity index (χ2n) is 9.08. The van der Waals surface area contributed by atoms with Crippen LogP contribution in [0.25, 0.3) is 5.31 Å². The van der Waals surface area contributed by atoms with Crippen molar-refractivity contribution in [2.75, 3.05) is 6.66 Å². The van der Waals surface area contributed by atoms with Gasteiger partial charge in [0.1, 0.15) is 11.9 Å². The molecule has 1 fully saturated rings. The molecule has 1 aromatic heterocycles. The van der Waals surface area contributed by atoms with Gasteiger partial charge in [0.05, 0.1) is 0 Å². The molecule has 1 aliphatic rings. The summed E-state index contributed by atoms with van der Waals surface area (Å²) < 4.78 is 2.14. The van der Waals surface area contributed by atoms with E-state index in [9.17, 15) is 5.11 Å². The average Bonchev–Trinajstić information content (AvgIpc) is 3.25. The summed E-state index contributed by atoms with van der Waals surface area (Å²) in [5.74, 6) is 3.69. The van der Waals surface area contributed by atoms with E-state index in [4.69, 9.17) is 0 Å². The fourth-order valence-corrected chi connectivity index (χ4v) is 6.18. The maximum absolute atomic E-state index is 10.0. The van der Waals surface area contributed by atoms with Crippen molar-refractivity contribution >= 4 is 13.9 Å². The molecule has 0 aliphatic heterocycles. The molecule has 5 atom stereocenters. The van der Waals surface area contributed by atoms with Gasteiger partial charge in [0.15, 0.2) is 0 Å². The van der Waals surface area contributed by atoms with Crippen LogP contribution in [0.4, 0.5) is 0 Å². The first-order valence-electron chi connectivity index (χ1n) is 12.2. The quantitative estimate of drug-likeness (QED) is 0.353. The van der Waals surface area contributed by atoms with Crippen molar-refractivity contribution in [2.45, 2.75) is 78.4 Å². The van der Waals surface area contributed by atoms with Crippen LogP contribution in [0.1, 0.15) is 88.9 Å². The largest absolute Gasteiger partial charge is 0.385 e. The number of allylic oxidation sites excluding steroid dienone is 1. The fourth-order valence-electron chi connectivity index (χ4n) is 5.40. The molecule has 0 saturated heterocycles. The monoisotopic (exact) mass is 440 g/mol. The third kappa shape index (κ3) is 5.88. The molecule has 4 heteroatoms.